The van der Waals surface area contributed by atoms with Crippen LogP contribution in [0.1, 0.15) is 20.3 Å². The fourth-order valence-corrected chi connectivity index (χ4v) is 3.86. The van der Waals surface area contributed by atoms with E-state index in [-0.39, 0.29) is 11.7 Å². The van der Waals surface area contributed by atoms with Gasteiger partial charge < -0.3 is 26.3 Å². The molecule has 5 N–H and O–H groups in total. The van der Waals surface area contributed by atoms with E-state index in [1.165, 1.54) is 0 Å². The Hall–Kier alpha value is -1.89. The molecular weight excluding hydrogens is 346 g/mol. The Morgan fingerprint density at radius 3 is 2.69 bits per heavy atom. The molecule has 0 bridgehead atoms. The molecule has 0 aliphatic carbocycles. The van der Waals surface area contributed by atoms with E-state index in [1.54, 1.807) is 11.8 Å². The molecule has 0 radical (unpaired) electrons. The second-order valence-electron chi connectivity index (χ2n) is 6.70. The average molecular weight is 374 g/mol. The third kappa shape index (κ3) is 4.44. The molecule has 5 nitrogen and oxygen atoms in total. The van der Waals surface area contributed by atoms with E-state index in [4.69, 9.17) is 20.9 Å². The Balaban J connectivity index is 1.74. The molecular formula is C20H27N3O2S. The number of nitrogens with two attached hydrogens (primary N) is 2. The van der Waals surface area contributed by atoms with Gasteiger partial charge in [-0.1, -0.05) is 24.8 Å². The summed E-state index contributed by atoms with van der Waals surface area (Å²) in [7, 11) is 0. The van der Waals surface area contributed by atoms with Gasteiger partial charge >= 0.3 is 0 Å². The number of anilines is 2. The number of hydrogen-bond donors (Lipinski definition) is 3. The van der Waals surface area contributed by atoms with Crippen molar-refractivity contribution in [1.82, 2.24) is 5.32 Å². The van der Waals surface area contributed by atoms with E-state index in [1.807, 2.05) is 30.3 Å². The highest BCUT2D eigenvalue weighted by molar-refractivity contribution is 7.99. The van der Waals surface area contributed by atoms with E-state index in [2.05, 4.69) is 31.3 Å². The number of benzene rings is 2. The Labute approximate surface area is 159 Å². The highest BCUT2D eigenvalue weighted by Crippen LogP contribution is 2.34. The fourth-order valence-electron chi connectivity index (χ4n) is 2.95. The third-order valence-corrected chi connectivity index (χ3v) is 5.74. The van der Waals surface area contributed by atoms with Crippen LogP contribution in [0.3, 0.4) is 0 Å². The summed E-state index contributed by atoms with van der Waals surface area (Å²) in [6.45, 7) is 6.67. The first-order valence-corrected chi connectivity index (χ1v) is 9.76. The summed E-state index contributed by atoms with van der Waals surface area (Å²) in [5, 5.41) is 3.38. The van der Waals surface area contributed by atoms with Crippen molar-refractivity contribution in [3.8, 4) is 5.75 Å². The van der Waals surface area contributed by atoms with Crippen LogP contribution < -0.4 is 21.5 Å². The van der Waals surface area contributed by atoms with Gasteiger partial charge in [0.2, 0.25) is 0 Å². The maximum atomic E-state index is 6.39. The van der Waals surface area contributed by atoms with Gasteiger partial charge in [0, 0.05) is 22.9 Å². The molecule has 26 heavy (non-hydrogen) atoms. The zero-order valence-corrected chi connectivity index (χ0v) is 16.1. The maximum absolute atomic E-state index is 6.39. The van der Waals surface area contributed by atoms with Crippen molar-refractivity contribution < 1.29 is 9.47 Å². The van der Waals surface area contributed by atoms with E-state index in [0.717, 1.165) is 41.7 Å². The molecule has 2 aromatic rings. The summed E-state index contributed by atoms with van der Waals surface area (Å²) in [4.78, 5) is 2.14. The molecule has 0 amide bonds. The molecule has 2 aromatic carbocycles. The second-order valence-corrected chi connectivity index (χ2v) is 7.85. The number of nitrogens with one attached hydrogen (secondary N) is 1. The first-order valence-electron chi connectivity index (χ1n) is 8.94. The summed E-state index contributed by atoms with van der Waals surface area (Å²) in [5.74, 6) is 0.844. The van der Waals surface area contributed by atoms with Crippen LogP contribution in [0.5, 0.6) is 5.75 Å². The summed E-state index contributed by atoms with van der Waals surface area (Å²) in [6.07, 6.45) is 0.903. The lowest BCUT2D eigenvalue weighted by Gasteiger charge is -2.39. The standard InChI is InChI=1S/C20H27N3O2S/c1-3-20(2,19-13-23-9-10-24-19)25-14-5-4-6-15(11-14)26-16-7-8-17(21)18(22)12-16/h4-8,11-12,19,23H,3,9-10,13,21-22H2,1-2H3. The first kappa shape index (κ1) is 18.9. The van der Waals surface area contributed by atoms with Gasteiger partial charge in [-0.25, -0.2) is 0 Å². The minimum atomic E-state index is -0.373. The normalized spacial score (nSPS) is 19.7. The molecule has 2 unspecified atom stereocenters. The predicted molar refractivity (Wildman–Crippen MR) is 108 cm³/mol. The van der Waals surface area contributed by atoms with Crippen LogP contribution in [0, 0.1) is 0 Å². The Kier molecular flexibility index (Phi) is 5.96. The van der Waals surface area contributed by atoms with Crippen LogP contribution in [-0.4, -0.2) is 31.4 Å². The number of ether oxygens (including phenoxy) is 2. The van der Waals surface area contributed by atoms with Gasteiger partial charge in [0.1, 0.15) is 17.5 Å². The summed E-state index contributed by atoms with van der Waals surface area (Å²) < 4.78 is 12.3. The average Bonchev–Trinajstić information content (AvgIpc) is 2.66. The molecule has 0 aromatic heterocycles. The van der Waals surface area contributed by atoms with Crippen LogP contribution >= 0.6 is 11.8 Å². The third-order valence-electron chi connectivity index (χ3n) is 4.76. The number of rotatable bonds is 6. The highest BCUT2D eigenvalue weighted by atomic mass is 32.2. The largest absolute Gasteiger partial charge is 0.485 e. The molecule has 1 aliphatic heterocycles. The monoisotopic (exact) mass is 373 g/mol. The molecule has 1 aliphatic rings. The van der Waals surface area contributed by atoms with Crippen LogP contribution in [0.4, 0.5) is 11.4 Å². The SMILES string of the molecule is CCC(C)(Oc1cccc(Sc2ccc(N)c(N)c2)c1)C1CNCCO1. The smallest absolute Gasteiger partial charge is 0.133 e. The number of morpholine rings is 1. The maximum Gasteiger partial charge on any atom is 0.133 e. The van der Waals surface area contributed by atoms with Gasteiger partial charge in [0.05, 0.1) is 18.0 Å². The quantitative estimate of drug-likeness (QED) is 0.672. The molecule has 1 saturated heterocycles. The van der Waals surface area contributed by atoms with Crippen LogP contribution in [0.15, 0.2) is 52.3 Å². The lowest BCUT2D eigenvalue weighted by atomic mass is 9.94. The van der Waals surface area contributed by atoms with Crippen LogP contribution in [-0.2, 0) is 4.74 Å². The van der Waals surface area contributed by atoms with Gasteiger partial charge in [-0.05, 0) is 49.7 Å². The van der Waals surface area contributed by atoms with E-state index >= 15 is 0 Å². The summed E-state index contributed by atoms with van der Waals surface area (Å²) in [6, 6.07) is 13.8. The van der Waals surface area contributed by atoms with Crippen molar-refractivity contribution in [2.45, 2.75) is 41.8 Å². The second kappa shape index (κ2) is 8.20. The highest BCUT2D eigenvalue weighted by Gasteiger charge is 2.37. The summed E-state index contributed by atoms with van der Waals surface area (Å²) >= 11 is 1.63. The zero-order valence-electron chi connectivity index (χ0n) is 15.3. The van der Waals surface area contributed by atoms with Gasteiger partial charge in [-0.15, -0.1) is 0 Å². The molecule has 1 fully saturated rings. The Morgan fingerprint density at radius 2 is 2.00 bits per heavy atom. The lowest BCUT2D eigenvalue weighted by Crippen LogP contribution is -2.54. The summed E-state index contributed by atoms with van der Waals surface area (Å²) in [5.41, 5.74) is 12.5. The molecule has 1 heterocycles. The van der Waals surface area contributed by atoms with E-state index in [0.29, 0.717) is 11.4 Å². The van der Waals surface area contributed by atoms with Crippen molar-refractivity contribution in [1.29, 1.82) is 0 Å². The van der Waals surface area contributed by atoms with Crippen molar-refractivity contribution in [2.24, 2.45) is 0 Å². The molecule has 2 atom stereocenters. The number of nitrogen functional groups attached to an aromatic ring is 2. The topological polar surface area (TPSA) is 82.5 Å². The van der Waals surface area contributed by atoms with Gasteiger partial charge in [-0.3, -0.25) is 0 Å². The predicted octanol–water partition coefficient (Wildman–Crippen LogP) is 3.54. The van der Waals surface area contributed by atoms with E-state index < -0.39 is 0 Å². The zero-order chi connectivity index (χ0) is 18.6. The van der Waals surface area contributed by atoms with Crippen LogP contribution in [0.25, 0.3) is 0 Å². The van der Waals surface area contributed by atoms with Gasteiger partial charge in [0.25, 0.3) is 0 Å². The van der Waals surface area contributed by atoms with Gasteiger partial charge in [0.15, 0.2) is 0 Å². The van der Waals surface area contributed by atoms with Gasteiger partial charge in [-0.2, -0.15) is 0 Å². The molecule has 0 saturated carbocycles. The van der Waals surface area contributed by atoms with E-state index in [9.17, 15) is 0 Å². The Morgan fingerprint density at radius 1 is 1.19 bits per heavy atom. The molecule has 0 spiro atoms. The fraction of sp³-hybridized carbons (Fsp3) is 0.400. The van der Waals surface area contributed by atoms with Crippen molar-refractivity contribution >= 4 is 23.1 Å². The van der Waals surface area contributed by atoms with Crippen LogP contribution in [0.2, 0.25) is 0 Å². The molecule has 3 rings (SSSR count). The Bertz CT molecular complexity index is 750. The lowest BCUT2D eigenvalue weighted by molar-refractivity contribution is -0.0963. The first-order chi connectivity index (χ1) is 12.5. The molecule has 140 valence electrons. The minimum Gasteiger partial charge on any atom is -0.485 e. The number of hydrogen-bond acceptors (Lipinski definition) is 6. The van der Waals surface area contributed by atoms with Crippen molar-refractivity contribution in [2.75, 3.05) is 31.2 Å². The van der Waals surface area contributed by atoms with Crippen molar-refractivity contribution in [3.05, 3.63) is 42.5 Å². The minimum absolute atomic E-state index is 0.0365. The van der Waals surface area contributed by atoms with Crippen molar-refractivity contribution in [3.63, 3.8) is 0 Å². The molecule has 6 heteroatoms.